The normalized spacial score (nSPS) is 42.5. The molecular formula is C9H15NO. The molecule has 0 radical (unpaired) electrons. The van der Waals surface area contributed by atoms with Gasteiger partial charge in [-0.3, -0.25) is 4.79 Å². The fraction of sp³-hybridized carbons (Fsp3) is 0.889. The van der Waals surface area contributed by atoms with E-state index in [0.717, 1.165) is 25.9 Å². The molecule has 2 aliphatic heterocycles. The number of ketones is 1. The van der Waals surface area contributed by atoms with E-state index >= 15 is 0 Å². The monoisotopic (exact) mass is 153 g/mol. The van der Waals surface area contributed by atoms with Crippen LogP contribution < -0.4 is 0 Å². The lowest BCUT2D eigenvalue weighted by molar-refractivity contribution is -0.127. The summed E-state index contributed by atoms with van der Waals surface area (Å²) in [4.78, 5) is 13.8. The summed E-state index contributed by atoms with van der Waals surface area (Å²) in [5, 5.41) is 0. The number of carbonyl (C=O) groups is 1. The molecule has 0 N–H and O–H groups in total. The first-order valence-electron chi connectivity index (χ1n) is 4.46. The summed E-state index contributed by atoms with van der Waals surface area (Å²) in [5.74, 6) is 0.416. The average Bonchev–Trinajstić information content (AvgIpc) is 2.29. The van der Waals surface area contributed by atoms with Crippen molar-refractivity contribution in [1.82, 2.24) is 4.90 Å². The molecule has 2 atom stereocenters. The van der Waals surface area contributed by atoms with Crippen LogP contribution in [0.3, 0.4) is 0 Å². The van der Waals surface area contributed by atoms with Crippen molar-refractivity contribution >= 4 is 5.78 Å². The third kappa shape index (κ3) is 1.00. The Kier molecular flexibility index (Phi) is 1.53. The maximum atomic E-state index is 11.4. The number of hydrogen-bond acceptors (Lipinski definition) is 2. The van der Waals surface area contributed by atoms with Gasteiger partial charge in [-0.25, -0.2) is 0 Å². The zero-order chi connectivity index (χ0) is 7.90. The second-order valence-electron chi connectivity index (χ2n) is 3.97. The first kappa shape index (κ1) is 7.29. The van der Waals surface area contributed by atoms with Crippen LogP contribution in [0.4, 0.5) is 0 Å². The minimum atomic E-state index is 0.0816. The van der Waals surface area contributed by atoms with Crippen LogP contribution in [0.5, 0.6) is 0 Å². The van der Waals surface area contributed by atoms with Gasteiger partial charge < -0.3 is 4.90 Å². The van der Waals surface area contributed by atoms with Crippen molar-refractivity contribution in [1.29, 1.82) is 0 Å². The van der Waals surface area contributed by atoms with Gasteiger partial charge >= 0.3 is 0 Å². The van der Waals surface area contributed by atoms with Crippen LogP contribution in [0.15, 0.2) is 0 Å². The molecule has 2 saturated heterocycles. The van der Waals surface area contributed by atoms with Crippen LogP contribution in [-0.2, 0) is 4.79 Å². The molecule has 2 unspecified atom stereocenters. The van der Waals surface area contributed by atoms with Crippen molar-refractivity contribution in [3.63, 3.8) is 0 Å². The molecule has 2 nitrogen and oxygen atoms in total. The Morgan fingerprint density at radius 2 is 2.18 bits per heavy atom. The number of fused-ring (bicyclic) bond motifs is 2. The van der Waals surface area contributed by atoms with Gasteiger partial charge in [-0.15, -0.1) is 0 Å². The molecule has 0 aromatic heterocycles. The highest BCUT2D eigenvalue weighted by atomic mass is 16.1. The SMILES string of the molecule is CC(=O)C12CCCN(CC1)C2. The zero-order valence-electron chi connectivity index (χ0n) is 7.10. The Labute approximate surface area is 67.6 Å². The summed E-state index contributed by atoms with van der Waals surface area (Å²) in [6.07, 6.45) is 3.47. The van der Waals surface area contributed by atoms with E-state index in [2.05, 4.69) is 4.90 Å². The van der Waals surface area contributed by atoms with E-state index in [0.29, 0.717) is 5.78 Å². The van der Waals surface area contributed by atoms with Gasteiger partial charge in [0.05, 0.1) is 0 Å². The standard InChI is InChI=1S/C9H15NO/c1-8(11)9-3-2-5-10(7-9)6-4-9/h2-7H2,1H3. The molecule has 0 aromatic carbocycles. The Balaban J connectivity index is 2.19. The number of nitrogens with zero attached hydrogens (tertiary/aromatic N) is 1. The van der Waals surface area contributed by atoms with Crippen LogP contribution in [-0.4, -0.2) is 30.3 Å². The molecule has 0 spiro atoms. The molecule has 2 aliphatic rings. The average molecular weight is 153 g/mol. The third-order valence-corrected chi connectivity index (χ3v) is 3.31. The van der Waals surface area contributed by atoms with Crippen molar-refractivity contribution in [3.05, 3.63) is 0 Å². The van der Waals surface area contributed by atoms with Gasteiger partial charge in [0, 0.05) is 12.0 Å². The Bertz CT molecular complexity index is 186. The predicted molar refractivity (Wildman–Crippen MR) is 43.4 cm³/mol. The Hall–Kier alpha value is -0.370. The summed E-state index contributed by atoms with van der Waals surface area (Å²) in [6.45, 7) is 5.17. The lowest BCUT2D eigenvalue weighted by atomic mass is 9.78. The van der Waals surface area contributed by atoms with Gasteiger partial charge in [0.15, 0.2) is 0 Å². The van der Waals surface area contributed by atoms with Gasteiger partial charge in [0.25, 0.3) is 0 Å². The van der Waals surface area contributed by atoms with Gasteiger partial charge in [-0.05, 0) is 39.3 Å². The minimum absolute atomic E-state index is 0.0816. The summed E-state index contributed by atoms with van der Waals surface area (Å²) in [7, 11) is 0. The minimum Gasteiger partial charge on any atom is -0.302 e. The van der Waals surface area contributed by atoms with E-state index in [1.165, 1.54) is 13.0 Å². The Morgan fingerprint density at radius 1 is 1.36 bits per heavy atom. The largest absolute Gasteiger partial charge is 0.302 e. The van der Waals surface area contributed by atoms with E-state index in [4.69, 9.17) is 0 Å². The van der Waals surface area contributed by atoms with Crippen LogP contribution in [0.1, 0.15) is 26.2 Å². The van der Waals surface area contributed by atoms with Crippen LogP contribution in [0, 0.1) is 5.41 Å². The number of carbonyl (C=O) groups excluding carboxylic acids is 1. The lowest BCUT2D eigenvalue weighted by Crippen LogP contribution is -2.38. The fourth-order valence-corrected chi connectivity index (χ4v) is 2.46. The molecule has 2 fully saturated rings. The predicted octanol–water partition coefficient (Wildman–Crippen LogP) is 1.06. The maximum absolute atomic E-state index is 11.4. The van der Waals surface area contributed by atoms with Crippen LogP contribution in [0.25, 0.3) is 0 Å². The molecule has 2 heteroatoms. The van der Waals surface area contributed by atoms with Gasteiger partial charge in [0.1, 0.15) is 5.78 Å². The number of rotatable bonds is 1. The fourth-order valence-electron chi connectivity index (χ4n) is 2.46. The van der Waals surface area contributed by atoms with E-state index in [1.807, 2.05) is 0 Å². The molecule has 0 saturated carbocycles. The molecule has 62 valence electrons. The summed E-state index contributed by atoms with van der Waals surface area (Å²) >= 11 is 0. The van der Waals surface area contributed by atoms with E-state index < -0.39 is 0 Å². The van der Waals surface area contributed by atoms with Crippen molar-refractivity contribution < 1.29 is 4.79 Å². The highest BCUT2D eigenvalue weighted by Gasteiger charge is 2.44. The highest BCUT2D eigenvalue weighted by molar-refractivity contribution is 5.83. The number of Topliss-reactive ketones (excluding diaryl/α,β-unsaturated/α-hetero) is 1. The number of piperidine rings is 1. The van der Waals surface area contributed by atoms with Crippen molar-refractivity contribution in [2.24, 2.45) is 5.41 Å². The maximum Gasteiger partial charge on any atom is 0.137 e. The van der Waals surface area contributed by atoms with Crippen molar-refractivity contribution in [2.75, 3.05) is 19.6 Å². The van der Waals surface area contributed by atoms with Crippen LogP contribution in [0.2, 0.25) is 0 Å². The molecule has 2 heterocycles. The van der Waals surface area contributed by atoms with E-state index in [1.54, 1.807) is 6.92 Å². The molecule has 2 bridgehead atoms. The summed E-state index contributed by atoms with van der Waals surface area (Å²) < 4.78 is 0. The molecule has 11 heavy (non-hydrogen) atoms. The molecule has 2 rings (SSSR count). The Morgan fingerprint density at radius 3 is 2.82 bits per heavy atom. The quantitative estimate of drug-likeness (QED) is 0.561. The van der Waals surface area contributed by atoms with Crippen molar-refractivity contribution in [2.45, 2.75) is 26.2 Å². The second kappa shape index (κ2) is 2.31. The smallest absolute Gasteiger partial charge is 0.137 e. The van der Waals surface area contributed by atoms with Crippen LogP contribution >= 0.6 is 0 Å². The lowest BCUT2D eigenvalue weighted by Gasteiger charge is -2.31. The first-order valence-corrected chi connectivity index (χ1v) is 4.46. The molecule has 0 amide bonds. The van der Waals surface area contributed by atoms with Crippen molar-refractivity contribution in [3.8, 4) is 0 Å². The first-order chi connectivity index (χ1) is 5.23. The second-order valence-corrected chi connectivity index (χ2v) is 3.97. The topological polar surface area (TPSA) is 20.3 Å². The molecular weight excluding hydrogens is 138 g/mol. The van der Waals surface area contributed by atoms with E-state index in [-0.39, 0.29) is 5.41 Å². The zero-order valence-corrected chi connectivity index (χ0v) is 7.10. The summed E-state index contributed by atoms with van der Waals surface area (Å²) in [5.41, 5.74) is 0.0816. The number of hydrogen-bond donors (Lipinski definition) is 0. The van der Waals surface area contributed by atoms with Gasteiger partial charge in [-0.1, -0.05) is 0 Å². The highest BCUT2D eigenvalue weighted by Crippen LogP contribution is 2.39. The molecule has 0 aliphatic carbocycles. The van der Waals surface area contributed by atoms with Gasteiger partial charge in [0.2, 0.25) is 0 Å². The van der Waals surface area contributed by atoms with E-state index in [9.17, 15) is 4.79 Å². The summed E-state index contributed by atoms with van der Waals surface area (Å²) in [6, 6.07) is 0. The van der Waals surface area contributed by atoms with Gasteiger partial charge in [-0.2, -0.15) is 0 Å². The third-order valence-electron chi connectivity index (χ3n) is 3.31. The molecule has 0 aromatic rings.